The van der Waals surface area contributed by atoms with Gasteiger partial charge in [0.25, 0.3) is 0 Å². The van der Waals surface area contributed by atoms with E-state index in [-0.39, 0.29) is 0 Å². The maximum atomic E-state index is 3.69. The van der Waals surface area contributed by atoms with Crippen LogP contribution in [0.5, 0.6) is 0 Å². The number of benzene rings is 2. The Hall–Kier alpha value is -1.82. The molecule has 0 saturated carbocycles. The Balaban J connectivity index is 1.98. The van der Waals surface area contributed by atoms with E-state index >= 15 is 0 Å². The lowest BCUT2D eigenvalue weighted by Gasteiger charge is -1.98. The smallest absolute Gasteiger partial charge is 0.162 e. The number of rotatable bonds is 1. The monoisotopic (exact) mass is 360 g/mol. The highest BCUT2D eigenvalue weighted by molar-refractivity contribution is 7.32. The molecule has 24 heavy (non-hydrogen) atoms. The number of para-hydroxylation sites is 1. The van der Waals surface area contributed by atoms with Crippen LogP contribution in [0.2, 0.25) is 6.82 Å². The third-order valence-electron chi connectivity index (χ3n) is 4.76. The quantitative estimate of drug-likeness (QED) is 0.329. The molecule has 0 aliphatic carbocycles. The molecule has 0 saturated heterocycles. The minimum absolute atomic E-state index is 1.23. The first-order valence-electron chi connectivity index (χ1n) is 7.90. The van der Waals surface area contributed by atoms with Gasteiger partial charge in [-0.1, -0.05) is 25.0 Å². The van der Waals surface area contributed by atoms with Crippen LogP contribution in [0.1, 0.15) is 0 Å². The maximum Gasteiger partial charge on any atom is 0.162 e. The Morgan fingerprint density at radius 2 is 1.75 bits per heavy atom. The van der Waals surface area contributed by atoms with Crippen LogP contribution in [0.15, 0.2) is 41.8 Å². The van der Waals surface area contributed by atoms with Gasteiger partial charge in [0.1, 0.15) is 0 Å². The van der Waals surface area contributed by atoms with Crippen molar-refractivity contribution in [1.82, 2.24) is 4.98 Å². The Bertz CT molecular complexity index is 1400. The molecule has 0 spiro atoms. The van der Waals surface area contributed by atoms with Crippen molar-refractivity contribution < 1.29 is 0 Å². The van der Waals surface area contributed by atoms with Gasteiger partial charge in [-0.25, -0.2) is 0 Å². The Labute approximate surface area is 150 Å². The molecule has 0 fully saturated rings. The summed E-state index contributed by atoms with van der Waals surface area (Å²) in [6, 6.07) is 13.3. The third-order valence-corrected chi connectivity index (χ3v) is 8.18. The second-order valence-corrected chi connectivity index (χ2v) is 9.05. The Kier molecular flexibility index (Phi) is 2.60. The van der Waals surface area contributed by atoms with E-state index in [0.29, 0.717) is 0 Å². The van der Waals surface area contributed by atoms with Crippen LogP contribution < -0.4 is 4.78 Å². The summed E-state index contributed by atoms with van der Waals surface area (Å²) >= 11 is 5.71. The SMILES string of the molecule is C[B]c1cc2c3sccc3c3sc4c5ccccc5[nH]c4c3c2s1. The van der Waals surface area contributed by atoms with E-state index < -0.39 is 0 Å². The molecule has 113 valence electrons. The normalized spacial score (nSPS) is 12.4. The van der Waals surface area contributed by atoms with E-state index in [4.69, 9.17) is 0 Å². The van der Waals surface area contributed by atoms with Gasteiger partial charge in [-0.15, -0.1) is 22.7 Å². The topological polar surface area (TPSA) is 15.8 Å². The number of hydrogen-bond donors (Lipinski definition) is 1. The van der Waals surface area contributed by atoms with Crippen LogP contribution in [0.3, 0.4) is 0 Å². The number of fused-ring (bicyclic) bond motifs is 10. The van der Waals surface area contributed by atoms with Crippen LogP contribution in [-0.2, 0) is 0 Å². The van der Waals surface area contributed by atoms with Gasteiger partial charge < -0.3 is 4.98 Å². The summed E-state index contributed by atoms with van der Waals surface area (Å²) in [5, 5.41) is 7.78. The van der Waals surface area contributed by atoms with E-state index in [9.17, 15) is 0 Å². The number of hydrogen-bond acceptors (Lipinski definition) is 3. The Morgan fingerprint density at radius 3 is 2.67 bits per heavy atom. The first-order valence-corrected chi connectivity index (χ1v) is 10.4. The first-order chi connectivity index (χ1) is 11.8. The predicted molar refractivity (Wildman–Crippen MR) is 113 cm³/mol. The maximum absolute atomic E-state index is 3.69. The highest BCUT2D eigenvalue weighted by Crippen LogP contribution is 2.48. The average Bonchev–Trinajstić information content (AvgIpc) is 3.34. The molecule has 1 radical (unpaired) electrons. The first kappa shape index (κ1) is 13.5. The van der Waals surface area contributed by atoms with Gasteiger partial charge in [0.2, 0.25) is 0 Å². The third kappa shape index (κ3) is 1.55. The fourth-order valence-corrected chi connectivity index (χ4v) is 7.23. The van der Waals surface area contributed by atoms with Crippen LogP contribution in [0, 0.1) is 0 Å². The van der Waals surface area contributed by atoms with Gasteiger partial charge in [-0.05, 0) is 28.4 Å². The van der Waals surface area contributed by atoms with Gasteiger partial charge in [0, 0.05) is 41.2 Å². The van der Waals surface area contributed by atoms with Crippen LogP contribution in [0.25, 0.3) is 51.4 Å². The summed E-state index contributed by atoms with van der Waals surface area (Å²) in [4.78, 5) is 3.69. The van der Waals surface area contributed by atoms with Crippen molar-refractivity contribution in [2.75, 3.05) is 0 Å². The lowest BCUT2D eigenvalue weighted by molar-refractivity contribution is 1.57. The molecule has 4 aromatic heterocycles. The molecule has 6 rings (SSSR count). The molecule has 4 heterocycles. The van der Waals surface area contributed by atoms with Crippen molar-refractivity contribution in [2.24, 2.45) is 0 Å². The van der Waals surface area contributed by atoms with E-state index in [0.717, 1.165) is 0 Å². The highest BCUT2D eigenvalue weighted by Gasteiger charge is 2.19. The molecule has 5 heteroatoms. The fourth-order valence-electron chi connectivity index (χ4n) is 3.67. The van der Waals surface area contributed by atoms with E-state index in [1.165, 1.54) is 56.2 Å². The lowest BCUT2D eigenvalue weighted by atomic mass is 9.80. The molecule has 2 aromatic carbocycles. The van der Waals surface area contributed by atoms with Crippen molar-refractivity contribution in [1.29, 1.82) is 0 Å². The van der Waals surface area contributed by atoms with Gasteiger partial charge in [-0.2, -0.15) is 11.3 Å². The molecular formula is C19H11BNS3. The minimum Gasteiger partial charge on any atom is -0.353 e. The van der Waals surface area contributed by atoms with Gasteiger partial charge >= 0.3 is 0 Å². The molecule has 6 aromatic rings. The summed E-state index contributed by atoms with van der Waals surface area (Å²) in [5.74, 6) is 0. The van der Waals surface area contributed by atoms with E-state index in [1.54, 1.807) is 0 Å². The summed E-state index contributed by atoms with van der Waals surface area (Å²) in [5.41, 5.74) is 2.54. The van der Waals surface area contributed by atoms with Gasteiger partial charge in [0.05, 0.1) is 10.2 Å². The van der Waals surface area contributed by atoms with Crippen LogP contribution >= 0.6 is 34.0 Å². The van der Waals surface area contributed by atoms with E-state index in [1.807, 2.05) is 34.0 Å². The van der Waals surface area contributed by atoms with Crippen LogP contribution in [0.4, 0.5) is 0 Å². The number of aromatic nitrogens is 1. The number of aromatic amines is 1. The number of H-pyrrole nitrogens is 1. The lowest BCUT2D eigenvalue weighted by Crippen LogP contribution is -2.01. The van der Waals surface area contributed by atoms with Crippen molar-refractivity contribution in [3.8, 4) is 0 Å². The molecule has 0 amide bonds. The largest absolute Gasteiger partial charge is 0.353 e. The zero-order valence-electron chi connectivity index (χ0n) is 12.8. The van der Waals surface area contributed by atoms with Gasteiger partial charge in [0.15, 0.2) is 7.28 Å². The zero-order valence-corrected chi connectivity index (χ0v) is 15.3. The van der Waals surface area contributed by atoms with Crippen molar-refractivity contribution in [3.05, 3.63) is 41.8 Å². The summed E-state index contributed by atoms with van der Waals surface area (Å²) in [6.45, 7) is 2.12. The molecule has 1 N–H and O–H groups in total. The number of thiophene rings is 3. The molecular weight excluding hydrogens is 349 g/mol. The van der Waals surface area contributed by atoms with Gasteiger partial charge in [-0.3, -0.25) is 0 Å². The minimum atomic E-state index is 1.23. The Morgan fingerprint density at radius 1 is 0.875 bits per heavy atom. The summed E-state index contributed by atoms with van der Waals surface area (Å²) in [6.07, 6.45) is 0. The molecule has 1 nitrogen and oxygen atoms in total. The molecule has 0 atom stereocenters. The highest BCUT2D eigenvalue weighted by atomic mass is 32.1. The molecule has 0 unspecified atom stereocenters. The predicted octanol–water partition coefficient (Wildman–Crippen LogP) is 6.34. The van der Waals surface area contributed by atoms with Crippen LogP contribution in [-0.4, -0.2) is 12.3 Å². The second kappa shape index (κ2) is 4.63. The average molecular weight is 360 g/mol. The second-order valence-electron chi connectivity index (χ2n) is 6.02. The standard InChI is InChI=1S/C19H11BNS3/c1-20-13-8-11-16-10(6-7-22-16)17-14(18(11)23-13)15-19(24-17)9-4-2-3-5-12(9)21-15/h2-8,21H,1H3. The van der Waals surface area contributed by atoms with Crippen molar-refractivity contribution in [2.45, 2.75) is 6.82 Å². The van der Waals surface area contributed by atoms with E-state index in [2.05, 4.69) is 60.9 Å². The molecule has 0 bridgehead atoms. The molecule has 0 aliphatic rings. The summed E-state index contributed by atoms with van der Waals surface area (Å²) in [7, 11) is 2.21. The van der Waals surface area contributed by atoms with Crippen molar-refractivity contribution in [3.63, 3.8) is 0 Å². The molecule has 0 aliphatic heterocycles. The van der Waals surface area contributed by atoms with Crippen molar-refractivity contribution >= 4 is 97.4 Å². The number of nitrogens with one attached hydrogen (secondary N) is 1. The fraction of sp³-hybridized carbons (Fsp3) is 0.0526. The zero-order chi connectivity index (χ0) is 15.8. The summed E-state index contributed by atoms with van der Waals surface area (Å²) < 4.78 is 7.01.